The fourth-order valence-electron chi connectivity index (χ4n) is 2.88. The topological polar surface area (TPSA) is 29.5 Å². The van der Waals surface area contributed by atoms with Gasteiger partial charge in [0.05, 0.1) is 6.10 Å². The normalized spacial score (nSPS) is 24.8. The van der Waals surface area contributed by atoms with Crippen LogP contribution in [0.4, 0.5) is 0 Å². The molecule has 2 nitrogen and oxygen atoms in total. The lowest BCUT2D eigenvalue weighted by Gasteiger charge is -2.38. The van der Waals surface area contributed by atoms with Gasteiger partial charge in [0.25, 0.3) is 0 Å². The van der Waals surface area contributed by atoms with E-state index >= 15 is 0 Å². The molecule has 0 spiro atoms. The molecule has 0 aliphatic carbocycles. The Morgan fingerprint density at radius 3 is 2.60 bits per heavy atom. The summed E-state index contributed by atoms with van der Waals surface area (Å²) in [5.74, 6) is 0.821. The Labute approximate surface area is 120 Å². The fourth-order valence-corrected chi connectivity index (χ4v) is 2.88. The number of hydrogen-bond acceptors (Lipinski definition) is 2. The maximum atomic E-state index is 10.3. The number of fused-ring (bicyclic) bond motifs is 1. The largest absolute Gasteiger partial charge is 0.487 e. The molecule has 0 aromatic heterocycles. The summed E-state index contributed by atoms with van der Waals surface area (Å²) in [7, 11) is 0. The van der Waals surface area contributed by atoms with E-state index in [4.69, 9.17) is 4.74 Å². The lowest BCUT2D eigenvalue weighted by atomic mass is 9.86. The second kappa shape index (κ2) is 5.29. The summed E-state index contributed by atoms with van der Waals surface area (Å²) in [5.41, 5.74) is 1.92. The van der Waals surface area contributed by atoms with Crippen molar-refractivity contribution in [2.75, 3.05) is 0 Å². The average Bonchev–Trinajstić information content (AvgIpc) is 2.46. The van der Waals surface area contributed by atoms with Crippen LogP contribution in [-0.4, -0.2) is 10.7 Å². The molecule has 1 heterocycles. The Morgan fingerprint density at radius 1 is 1.10 bits per heavy atom. The van der Waals surface area contributed by atoms with E-state index < -0.39 is 6.10 Å². The van der Waals surface area contributed by atoms with Gasteiger partial charge in [-0.15, -0.1) is 0 Å². The molecule has 0 bridgehead atoms. The van der Waals surface area contributed by atoms with E-state index in [0.717, 1.165) is 24.2 Å². The van der Waals surface area contributed by atoms with E-state index in [-0.39, 0.29) is 5.60 Å². The van der Waals surface area contributed by atoms with Gasteiger partial charge in [-0.1, -0.05) is 48.5 Å². The first-order chi connectivity index (χ1) is 9.66. The molecule has 1 unspecified atom stereocenters. The second-order valence-electron chi connectivity index (χ2n) is 5.80. The second-order valence-corrected chi connectivity index (χ2v) is 5.80. The molecule has 2 atom stereocenters. The van der Waals surface area contributed by atoms with E-state index in [9.17, 15) is 5.11 Å². The SMILES string of the molecule is CC1(CCc2ccccc2)C[C@H](O)c2ccccc2O1. The standard InChI is InChI=1S/C18H20O2/c1-18(12-11-14-7-3-2-4-8-14)13-16(19)15-9-5-6-10-17(15)20-18/h2-10,16,19H,11-13H2,1H3/t16-,18?/m0/s1. The van der Waals surface area contributed by atoms with Crippen LogP contribution >= 0.6 is 0 Å². The Morgan fingerprint density at radius 2 is 1.80 bits per heavy atom. The van der Waals surface area contributed by atoms with Gasteiger partial charge in [-0.25, -0.2) is 0 Å². The fraction of sp³-hybridized carbons (Fsp3) is 0.333. The minimum atomic E-state index is -0.430. The van der Waals surface area contributed by atoms with Crippen LogP contribution in [0.15, 0.2) is 54.6 Å². The van der Waals surface area contributed by atoms with Crippen molar-refractivity contribution >= 4 is 0 Å². The Balaban J connectivity index is 1.74. The van der Waals surface area contributed by atoms with E-state index in [1.165, 1.54) is 5.56 Å². The summed E-state index contributed by atoms with van der Waals surface area (Å²) in [6.07, 6.45) is 2.09. The number of ether oxygens (including phenoxy) is 1. The van der Waals surface area contributed by atoms with Gasteiger partial charge in [0.1, 0.15) is 11.4 Å². The van der Waals surface area contributed by atoms with Crippen molar-refractivity contribution in [1.82, 2.24) is 0 Å². The maximum Gasteiger partial charge on any atom is 0.125 e. The molecule has 1 N–H and O–H groups in total. The van der Waals surface area contributed by atoms with Gasteiger partial charge in [0.15, 0.2) is 0 Å². The highest BCUT2D eigenvalue weighted by atomic mass is 16.5. The molecule has 1 aliphatic rings. The van der Waals surface area contributed by atoms with E-state index in [1.54, 1.807) is 0 Å². The predicted molar refractivity (Wildman–Crippen MR) is 79.8 cm³/mol. The molecule has 0 saturated carbocycles. The smallest absolute Gasteiger partial charge is 0.125 e. The number of benzene rings is 2. The number of aliphatic hydroxyl groups excluding tert-OH is 1. The summed E-state index contributed by atoms with van der Waals surface area (Å²) in [5, 5.41) is 10.3. The average molecular weight is 268 g/mol. The monoisotopic (exact) mass is 268 g/mol. The Bertz CT molecular complexity index is 579. The van der Waals surface area contributed by atoms with Crippen LogP contribution in [0.3, 0.4) is 0 Å². The highest BCUT2D eigenvalue weighted by molar-refractivity contribution is 5.37. The molecule has 2 aromatic carbocycles. The summed E-state index contributed by atoms with van der Waals surface area (Å²) >= 11 is 0. The zero-order valence-corrected chi connectivity index (χ0v) is 11.8. The van der Waals surface area contributed by atoms with Gasteiger partial charge in [-0.3, -0.25) is 0 Å². The van der Waals surface area contributed by atoms with Crippen molar-refractivity contribution in [3.63, 3.8) is 0 Å². The quantitative estimate of drug-likeness (QED) is 0.915. The van der Waals surface area contributed by atoms with Crippen molar-refractivity contribution in [2.45, 2.75) is 37.9 Å². The van der Waals surface area contributed by atoms with Crippen LogP contribution in [0.2, 0.25) is 0 Å². The van der Waals surface area contributed by atoms with Crippen molar-refractivity contribution in [3.8, 4) is 5.75 Å². The first kappa shape index (κ1) is 13.2. The molecular formula is C18H20O2. The molecule has 0 amide bonds. The van der Waals surface area contributed by atoms with Crippen LogP contribution in [0.1, 0.15) is 37.0 Å². The lowest BCUT2D eigenvalue weighted by Crippen LogP contribution is -2.38. The molecule has 0 fully saturated rings. The highest BCUT2D eigenvalue weighted by Gasteiger charge is 2.35. The van der Waals surface area contributed by atoms with Crippen molar-refractivity contribution in [1.29, 1.82) is 0 Å². The molecule has 0 saturated heterocycles. The number of aliphatic hydroxyl groups is 1. The maximum absolute atomic E-state index is 10.3. The number of aryl methyl sites for hydroxylation is 1. The van der Waals surface area contributed by atoms with Gasteiger partial charge in [0, 0.05) is 12.0 Å². The van der Waals surface area contributed by atoms with Crippen molar-refractivity contribution < 1.29 is 9.84 Å². The third-order valence-corrected chi connectivity index (χ3v) is 4.04. The summed E-state index contributed by atoms with van der Waals surface area (Å²) in [6, 6.07) is 18.2. The minimum absolute atomic E-state index is 0.302. The molecule has 2 aromatic rings. The highest BCUT2D eigenvalue weighted by Crippen LogP contribution is 2.41. The van der Waals surface area contributed by atoms with Gasteiger partial charge in [0.2, 0.25) is 0 Å². The van der Waals surface area contributed by atoms with Crippen LogP contribution in [-0.2, 0) is 6.42 Å². The van der Waals surface area contributed by atoms with E-state index in [2.05, 4.69) is 31.2 Å². The molecule has 20 heavy (non-hydrogen) atoms. The van der Waals surface area contributed by atoms with Crippen LogP contribution in [0.25, 0.3) is 0 Å². The third-order valence-electron chi connectivity index (χ3n) is 4.04. The zero-order chi connectivity index (χ0) is 14.0. The van der Waals surface area contributed by atoms with Crippen LogP contribution < -0.4 is 4.74 Å². The first-order valence-corrected chi connectivity index (χ1v) is 7.16. The van der Waals surface area contributed by atoms with E-state index in [1.807, 2.05) is 30.3 Å². The van der Waals surface area contributed by atoms with Crippen LogP contribution in [0.5, 0.6) is 5.75 Å². The third kappa shape index (κ3) is 2.70. The van der Waals surface area contributed by atoms with Crippen LogP contribution in [0, 0.1) is 0 Å². The molecule has 2 heteroatoms. The molecule has 0 radical (unpaired) electrons. The predicted octanol–water partition coefficient (Wildman–Crippen LogP) is 3.89. The number of para-hydroxylation sites is 1. The van der Waals surface area contributed by atoms with Gasteiger partial charge < -0.3 is 9.84 Å². The molecular weight excluding hydrogens is 248 g/mol. The summed E-state index contributed by atoms with van der Waals surface area (Å²) in [4.78, 5) is 0. The summed E-state index contributed by atoms with van der Waals surface area (Å²) < 4.78 is 6.15. The Hall–Kier alpha value is -1.80. The minimum Gasteiger partial charge on any atom is -0.487 e. The number of rotatable bonds is 3. The zero-order valence-electron chi connectivity index (χ0n) is 11.8. The van der Waals surface area contributed by atoms with Gasteiger partial charge >= 0.3 is 0 Å². The van der Waals surface area contributed by atoms with Gasteiger partial charge in [-0.05, 0) is 31.4 Å². The number of hydrogen-bond donors (Lipinski definition) is 1. The molecule has 1 aliphatic heterocycles. The van der Waals surface area contributed by atoms with Crippen molar-refractivity contribution in [3.05, 3.63) is 65.7 Å². The Kier molecular flexibility index (Phi) is 3.49. The molecule has 104 valence electrons. The molecule has 3 rings (SSSR count). The van der Waals surface area contributed by atoms with Crippen molar-refractivity contribution in [2.24, 2.45) is 0 Å². The summed E-state index contributed by atoms with van der Waals surface area (Å²) in [6.45, 7) is 2.09. The van der Waals surface area contributed by atoms with Gasteiger partial charge in [-0.2, -0.15) is 0 Å². The van der Waals surface area contributed by atoms with E-state index in [0.29, 0.717) is 6.42 Å². The lowest BCUT2D eigenvalue weighted by molar-refractivity contribution is -0.00670. The first-order valence-electron chi connectivity index (χ1n) is 7.16.